The maximum Gasteiger partial charge on any atom is 0.414 e. The molecule has 0 bridgehead atoms. The zero-order valence-electron chi connectivity index (χ0n) is 16.0. The summed E-state index contributed by atoms with van der Waals surface area (Å²) in [5.41, 5.74) is 1.95. The molecule has 10 heteroatoms. The van der Waals surface area contributed by atoms with Gasteiger partial charge >= 0.3 is 11.9 Å². The molecule has 160 valence electrons. The Labute approximate surface area is 172 Å². The Morgan fingerprint density at radius 2 is 1.79 bits per heavy atom. The number of aliphatic carboxylic acids is 2. The van der Waals surface area contributed by atoms with Gasteiger partial charge in [-0.05, 0) is 24.4 Å². The van der Waals surface area contributed by atoms with Crippen LogP contribution in [0.1, 0.15) is 10.4 Å². The number of ether oxygens (including phenoxy) is 1. The molecule has 1 heterocycles. The van der Waals surface area contributed by atoms with Gasteiger partial charge in [0.1, 0.15) is 18.5 Å². The highest BCUT2D eigenvalue weighted by molar-refractivity contribution is 7.10. The largest absolute Gasteiger partial charge is 0.491 e. The molecule has 0 aliphatic rings. The summed E-state index contributed by atoms with van der Waals surface area (Å²) in [7, 11) is 0. The maximum absolute atomic E-state index is 9.88. The van der Waals surface area contributed by atoms with Crippen molar-refractivity contribution in [2.45, 2.75) is 19.6 Å². The highest BCUT2D eigenvalue weighted by Crippen LogP contribution is 2.26. The predicted octanol–water partition coefficient (Wildman–Crippen LogP) is 1.15. The first-order valence-corrected chi connectivity index (χ1v) is 9.67. The molecule has 0 saturated carbocycles. The Kier molecular flexibility index (Phi) is 11.4. The highest BCUT2D eigenvalue weighted by Gasteiger charge is 2.08. The van der Waals surface area contributed by atoms with Crippen molar-refractivity contribution >= 4 is 29.0 Å². The molecule has 0 aliphatic carbocycles. The molecule has 1 aromatic carbocycles. The number of carboxylic acids is 2. The number of thiophene rings is 1. The minimum absolute atomic E-state index is 0.0512. The van der Waals surface area contributed by atoms with Crippen LogP contribution in [0.25, 0.3) is 0 Å². The fraction of sp³-hybridized carbons (Fsp3) is 0.368. The van der Waals surface area contributed by atoms with Crippen molar-refractivity contribution in [3.63, 3.8) is 0 Å². The van der Waals surface area contributed by atoms with Gasteiger partial charge in [-0.25, -0.2) is 9.59 Å². The number of hydrogen-bond acceptors (Lipinski definition) is 8. The van der Waals surface area contributed by atoms with Crippen molar-refractivity contribution in [2.24, 2.45) is 0 Å². The van der Waals surface area contributed by atoms with Crippen LogP contribution >= 0.6 is 11.3 Å². The maximum atomic E-state index is 9.88. The van der Waals surface area contributed by atoms with E-state index in [1.165, 1.54) is 4.88 Å². The number of rotatable bonds is 10. The van der Waals surface area contributed by atoms with Crippen molar-refractivity contribution < 1.29 is 34.8 Å². The number of aryl methyl sites for hydroxylation is 1. The number of aliphatic hydroxyl groups excluding tert-OH is 2. The number of carboxylic acid groups (broad SMARTS) is 2. The third kappa shape index (κ3) is 9.90. The van der Waals surface area contributed by atoms with E-state index in [2.05, 4.69) is 10.6 Å². The van der Waals surface area contributed by atoms with Gasteiger partial charge in [-0.1, -0.05) is 18.2 Å². The zero-order chi connectivity index (χ0) is 21.6. The van der Waals surface area contributed by atoms with E-state index in [0.717, 1.165) is 30.1 Å². The lowest BCUT2D eigenvalue weighted by Crippen LogP contribution is -2.34. The van der Waals surface area contributed by atoms with E-state index in [9.17, 15) is 10.2 Å². The minimum Gasteiger partial charge on any atom is -0.491 e. The van der Waals surface area contributed by atoms with E-state index in [1.807, 2.05) is 42.6 Å². The fourth-order valence-corrected chi connectivity index (χ4v) is 3.00. The molecule has 29 heavy (non-hydrogen) atoms. The lowest BCUT2D eigenvalue weighted by atomic mass is 10.2. The summed E-state index contributed by atoms with van der Waals surface area (Å²) in [6.07, 6.45) is -0.550. The molecule has 0 radical (unpaired) electrons. The fourth-order valence-electron chi connectivity index (χ4n) is 2.17. The molecule has 1 atom stereocenters. The van der Waals surface area contributed by atoms with Gasteiger partial charge in [-0.3, -0.25) is 0 Å². The van der Waals surface area contributed by atoms with E-state index in [4.69, 9.17) is 24.5 Å². The molecule has 9 nitrogen and oxygen atoms in total. The van der Waals surface area contributed by atoms with Crippen LogP contribution in [-0.4, -0.2) is 64.7 Å². The van der Waals surface area contributed by atoms with Gasteiger partial charge < -0.3 is 35.8 Å². The van der Waals surface area contributed by atoms with Gasteiger partial charge in [0.25, 0.3) is 0 Å². The number of aliphatic hydroxyl groups is 2. The van der Waals surface area contributed by atoms with E-state index < -0.39 is 18.0 Å². The van der Waals surface area contributed by atoms with Crippen molar-refractivity contribution in [3.05, 3.63) is 46.2 Å². The third-order valence-corrected chi connectivity index (χ3v) is 4.53. The summed E-state index contributed by atoms with van der Waals surface area (Å²) in [6, 6.07) is 9.46. The smallest absolute Gasteiger partial charge is 0.414 e. The summed E-state index contributed by atoms with van der Waals surface area (Å²) in [4.78, 5) is 19.4. The van der Waals surface area contributed by atoms with Gasteiger partial charge in [-0.15, -0.1) is 11.3 Å². The van der Waals surface area contributed by atoms with E-state index in [1.54, 1.807) is 11.3 Å². The molecule has 6 N–H and O–H groups in total. The number of nitrogens with one attached hydrogen (secondary N) is 2. The monoisotopic (exact) mass is 426 g/mol. The molecule has 0 amide bonds. The Morgan fingerprint density at radius 3 is 2.38 bits per heavy atom. The van der Waals surface area contributed by atoms with Crippen LogP contribution in [0, 0.1) is 6.92 Å². The van der Waals surface area contributed by atoms with Crippen LogP contribution in [0.4, 0.5) is 5.69 Å². The second kappa shape index (κ2) is 13.5. The van der Waals surface area contributed by atoms with Crippen LogP contribution in [0.5, 0.6) is 5.75 Å². The van der Waals surface area contributed by atoms with E-state index in [0.29, 0.717) is 6.54 Å². The van der Waals surface area contributed by atoms with Gasteiger partial charge in [0.2, 0.25) is 0 Å². The predicted molar refractivity (Wildman–Crippen MR) is 110 cm³/mol. The van der Waals surface area contributed by atoms with Crippen LogP contribution in [0.2, 0.25) is 0 Å². The number of hydrogen-bond donors (Lipinski definition) is 6. The second-order valence-electron chi connectivity index (χ2n) is 5.87. The summed E-state index contributed by atoms with van der Waals surface area (Å²) >= 11 is 1.63. The summed E-state index contributed by atoms with van der Waals surface area (Å²) in [5, 5.41) is 42.4. The van der Waals surface area contributed by atoms with Crippen LogP contribution < -0.4 is 15.4 Å². The normalized spacial score (nSPS) is 11.1. The molecule has 2 rings (SSSR count). The molecule has 0 aliphatic heterocycles. The first-order chi connectivity index (χ1) is 13.8. The summed E-state index contributed by atoms with van der Waals surface area (Å²) in [5.74, 6) is -2.89. The molecular formula is C19H26N2O7S. The van der Waals surface area contributed by atoms with Gasteiger partial charge in [0.05, 0.1) is 12.3 Å². The quantitative estimate of drug-likeness (QED) is 0.243. The van der Waals surface area contributed by atoms with Crippen LogP contribution in [0.3, 0.4) is 0 Å². The first-order valence-electron chi connectivity index (χ1n) is 8.79. The Balaban J connectivity index is 0.000000612. The Hall–Kier alpha value is -2.66. The SMILES string of the molecule is Cc1scc(CO)c1NCCNCC(O)COc1ccccc1.O=C(O)C(=O)O. The molecular weight excluding hydrogens is 400 g/mol. The van der Waals surface area contributed by atoms with Crippen molar-refractivity contribution in [2.75, 3.05) is 31.6 Å². The van der Waals surface area contributed by atoms with Crippen LogP contribution in [-0.2, 0) is 16.2 Å². The number of anilines is 1. The molecule has 0 fully saturated rings. The van der Waals surface area contributed by atoms with Crippen molar-refractivity contribution in [1.29, 1.82) is 0 Å². The third-order valence-electron chi connectivity index (χ3n) is 3.57. The molecule has 0 spiro atoms. The van der Waals surface area contributed by atoms with Crippen molar-refractivity contribution in [1.82, 2.24) is 5.32 Å². The Morgan fingerprint density at radius 1 is 1.14 bits per heavy atom. The second-order valence-corrected chi connectivity index (χ2v) is 6.95. The minimum atomic E-state index is -1.82. The first kappa shape index (κ1) is 24.4. The molecule has 2 aromatic rings. The lowest BCUT2D eigenvalue weighted by molar-refractivity contribution is -0.159. The number of para-hydroxylation sites is 1. The van der Waals surface area contributed by atoms with Crippen molar-refractivity contribution in [3.8, 4) is 5.75 Å². The van der Waals surface area contributed by atoms with E-state index in [-0.39, 0.29) is 13.2 Å². The molecule has 1 unspecified atom stereocenters. The molecule has 0 saturated heterocycles. The average Bonchev–Trinajstić information content (AvgIpc) is 3.07. The average molecular weight is 426 g/mol. The van der Waals surface area contributed by atoms with Gasteiger partial charge in [0, 0.05) is 30.1 Å². The number of benzene rings is 1. The standard InChI is InChI=1S/C17H24N2O3S.C2H2O4/c1-13-17(14(10-20)12-23-13)19-8-7-18-9-15(21)11-22-16-5-3-2-4-6-16;3-1(4)2(5)6/h2-6,12,15,18-21H,7-11H2,1H3;(H,3,4)(H,5,6). The Bertz CT molecular complexity index is 740. The van der Waals surface area contributed by atoms with Gasteiger partial charge in [-0.2, -0.15) is 0 Å². The lowest BCUT2D eigenvalue weighted by Gasteiger charge is -2.14. The summed E-state index contributed by atoms with van der Waals surface area (Å²) in [6.45, 7) is 4.28. The topological polar surface area (TPSA) is 148 Å². The van der Waals surface area contributed by atoms with Gasteiger partial charge in [0.15, 0.2) is 0 Å². The van der Waals surface area contributed by atoms with Crippen LogP contribution in [0.15, 0.2) is 35.7 Å². The molecule has 1 aromatic heterocycles. The highest BCUT2D eigenvalue weighted by atomic mass is 32.1. The summed E-state index contributed by atoms with van der Waals surface area (Å²) < 4.78 is 5.50. The zero-order valence-corrected chi connectivity index (χ0v) is 16.8. The number of carbonyl (C=O) groups is 2. The van der Waals surface area contributed by atoms with E-state index >= 15 is 0 Å².